The van der Waals surface area contributed by atoms with Gasteiger partial charge in [0.25, 0.3) is 0 Å². The molecule has 1 aromatic rings. The maximum Gasteiger partial charge on any atom is 0.347 e. The summed E-state index contributed by atoms with van der Waals surface area (Å²) in [4.78, 5) is 49.1. The molecule has 5 N–H and O–H groups in total. The Morgan fingerprint density at radius 1 is 1.07 bits per heavy atom. The smallest absolute Gasteiger partial charge is 0.347 e. The second-order valence-electron chi connectivity index (χ2n) is 5.72. The second kappa shape index (κ2) is 11.5. The fourth-order valence-corrected chi connectivity index (χ4v) is 2.20. The van der Waals surface area contributed by atoms with E-state index in [4.69, 9.17) is 20.2 Å². The molecule has 2 amide bonds. The van der Waals surface area contributed by atoms with Crippen molar-refractivity contribution in [1.82, 2.24) is 10.6 Å². The molecule has 1 rings (SSSR count). The maximum absolute atomic E-state index is 12.0. The number of hydrogen-bond acceptors (Lipinski definition) is 7. The lowest BCUT2D eigenvalue weighted by Crippen LogP contribution is -2.47. The molecule has 0 saturated carbocycles. The van der Waals surface area contributed by atoms with E-state index >= 15 is 0 Å². The van der Waals surface area contributed by atoms with Gasteiger partial charge in [0.1, 0.15) is 18.4 Å². The lowest BCUT2D eigenvalue weighted by atomic mass is 10.0. The molecule has 0 fully saturated rings. The van der Waals surface area contributed by atoms with Gasteiger partial charge in [-0.25, -0.2) is 9.68 Å². The quantitative estimate of drug-likeness (QED) is 0.233. The summed E-state index contributed by atoms with van der Waals surface area (Å²) in [7, 11) is 1.41. The van der Waals surface area contributed by atoms with Crippen LogP contribution in [0.5, 0.6) is 5.75 Å². The first-order valence-corrected chi connectivity index (χ1v) is 8.24. The Kier molecular flexibility index (Phi) is 9.40. The van der Waals surface area contributed by atoms with Gasteiger partial charge in [0.15, 0.2) is 0 Å². The number of carbonyl (C=O) groups is 4. The molecule has 11 heteroatoms. The monoisotopic (exact) mass is 398 g/mol. The summed E-state index contributed by atoms with van der Waals surface area (Å²) in [6, 6.07) is 5.18. The lowest BCUT2D eigenvalue weighted by molar-refractivity contribution is -0.254. The number of hydrogen-bond donors (Lipinski definition) is 5. The molecule has 28 heavy (non-hydrogen) atoms. The summed E-state index contributed by atoms with van der Waals surface area (Å²) in [5.74, 6) is -3.25. The Morgan fingerprint density at radius 2 is 1.71 bits per heavy atom. The van der Waals surface area contributed by atoms with Gasteiger partial charge in [-0.2, -0.15) is 0 Å². The van der Waals surface area contributed by atoms with Crippen LogP contribution in [-0.2, 0) is 30.5 Å². The van der Waals surface area contributed by atoms with Gasteiger partial charge in [0, 0.05) is 19.9 Å². The first-order chi connectivity index (χ1) is 13.3. The van der Waals surface area contributed by atoms with Crippen LogP contribution in [0.1, 0.15) is 18.4 Å². The van der Waals surface area contributed by atoms with E-state index in [1.807, 2.05) is 0 Å². The first kappa shape index (κ1) is 22.9. The van der Waals surface area contributed by atoms with E-state index < -0.39 is 42.5 Å². The largest absolute Gasteiger partial charge is 0.481 e. The van der Waals surface area contributed by atoms with E-state index in [0.717, 1.165) is 0 Å². The number of carboxylic acids is 2. The van der Waals surface area contributed by atoms with E-state index in [9.17, 15) is 19.2 Å². The number of benzene rings is 1. The van der Waals surface area contributed by atoms with E-state index in [1.165, 1.54) is 19.2 Å². The predicted molar refractivity (Wildman–Crippen MR) is 93.6 cm³/mol. The zero-order chi connectivity index (χ0) is 21.1. The highest BCUT2D eigenvalue weighted by atomic mass is 17.1. The summed E-state index contributed by atoms with van der Waals surface area (Å²) in [5, 5.41) is 30.8. The van der Waals surface area contributed by atoms with Crippen LogP contribution in [0.2, 0.25) is 0 Å². The lowest BCUT2D eigenvalue weighted by Gasteiger charge is -2.18. The van der Waals surface area contributed by atoms with Crippen LogP contribution in [0.25, 0.3) is 0 Å². The van der Waals surface area contributed by atoms with Crippen molar-refractivity contribution in [2.45, 2.75) is 31.4 Å². The Bertz CT molecular complexity index is 690. The zero-order valence-corrected chi connectivity index (χ0v) is 15.1. The Balaban J connectivity index is 2.75. The van der Waals surface area contributed by atoms with Gasteiger partial charge in [0.05, 0.1) is 6.42 Å². The molecule has 0 radical (unpaired) electrons. The van der Waals surface area contributed by atoms with E-state index in [0.29, 0.717) is 5.56 Å². The van der Waals surface area contributed by atoms with Crippen LogP contribution in [0.3, 0.4) is 0 Å². The number of amides is 2. The fourth-order valence-electron chi connectivity index (χ4n) is 2.20. The maximum atomic E-state index is 12.0. The minimum atomic E-state index is -1.40. The van der Waals surface area contributed by atoms with Crippen LogP contribution in [-0.4, -0.2) is 65.0 Å². The van der Waals surface area contributed by atoms with E-state index in [2.05, 4.69) is 15.5 Å². The number of aliphatic carboxylic acids is 2. The van der Waals surface area contributed by atoms with Crippen LogP contribution in [0, 0.1) is 0 Å². The molecule has 154 valence electrons. The van der Waals surface area contributed by atoms with Crippen LogP contribution < -0.4 is 15.4 Å². The van der Waals surface area contributed by atoms with Gasteiger partial charge in [0.2, 0.25) is 17.9 Å². The summed E-state index contributed by atoms with van der Waals surface area (Å²) in [6.45, 7) is -0.557. The van der Waals surface area contributed by atoms with E-state index in [-0.39, 0.29) is 25.0 Å². The average Bonchev–Trinajstić information content (AvgIpc) is 2.66. The van der Waals surface area contributed by atoms with Crippen molar-refractivity contribution in [3.63, 3.8) is 0 Å². The van der Waals surface area contributed by atoms with Crippen molar-refractivity contribution in [3.8, 4) is 5.75 Å². The molecular formula is C17H22N2O9. The molecule has 0 aliphatic carbocycles. The van der Waals surface area contributed by atoms with Crippen molar-refractivity contribution >= 4 is 23.8 Å². The average molecular weight is 398 g/mol. The minimum Gasteiger partial charge on any atom is -0.481 e. The number of ether oxygens (including phenoxy) is 1. The molecule has 0 aliphatic heterocycles. The normalized spacial score (nSPS) is 12.5. The Morgan fingerprint density at radius 3 is 2.21 bits per heavy atom. The topological polar surface area (TPSA) is 171 Å². The number of nitrogens with one attached hydrogen (secondary N) is 2. The Labute approximate surface area is 160 Å². The second-order valence-corrected chi connectivity index (χ2v) is 5.72. The van der Waals surface area contributed by atoms with Gasteiger partial charge in [-0.3, -0.25) is 19.6 Å². The van der Waals surface area contributed by atoms with Gasteiger partial charge < -0.3 is 25.6 Å². The number of carbonyl (C=O) groups excluding carboxylic acids is 2. The molecule has 0 spiro atoms. The molecule has 11 nitrogen and oxygen atoms in total. The minimum absolute atomic E-state index is 0.126. The molecule has 0 aromatic heterocycles. The van der Waals surface area contributed by atoms with Gasteiger partial charge in [-0.15, -0.1) is 0 Å². The molecular weight excluding hydrogens is 376 g/mol. The highest BCUT2D eigenvalue weighted by Gasteiger charge is 2.22. The summed E-state index contributed by atoms with van der Waals surface area (Å²) in [5.41, 5.74) is 0.643. The third-order valence-electron chi connectivity index (χ3n) is 3.61. The molecule has 0 saturated heterocycles. The highest BCUT2D eigenvalue weighted by molar-refractivity contribution is 5.88. The zero-order valence-electron chi connectivity index (χ0n) is 15.1. The van der Waals surface area contributed by atoms with Crippen LogP contribution in [0.4, 0.5) is 0 Å². The number of likely N-dealkylation sites (N-methyl/N-ethyl adjacent to an activating group) is 1. The molecule has 0 bridgehead atoms. The predicted octanol–water partition coefficient (Wildman–Crippen LogP) is -0.354. The first-order valence-electron chi connectivity index (χ1n) is 8.24. The standard InChI is InChI=1S/C17H22N2O9/c1-18-16(23)12(19-14(20)6-7-15(21)22)8-10-2-4-11(5-3-10)28-13(9-27-26)17(24)25/h2-5,12-13,26H,6-9H2,1H3,(H,18,23)(H,19,20)(H,21,22)(H,24,25). The fraction of sp³-hybridized carbons (Fsp3) is 0.412. The Hall–Kier alpha value is -3.18. The van der Waals surface area contributed by atoms with Crippen molar-refractivity contribution in [2.75, 3.05) is 13.7 Å². The number of rotatable bonds is 12. The molecule has 1 aromatic carbocycles. The highest BCUT2D eigenvalue weighted by Crippen LogP contribution is 2.15. The van der Waals surface area contributed by atoms with Crippen molar-refractivity contribution in [3.05, 3.63) is 29.8 Å². The number of carboxylic acid groups (broad SMARTS) is 2. The molecule has 0 heterocycles. The van der Waals surface area contributed by atoms with Gasteiger partial charge in [-0.1, -0.05) is 12.1 Å². The third kappa shape index (κ3) is 8.01. The van der Waals surface area contributed by atoms with Crippen molar-refractivity contribution in [1.29, 1.82) is 0 Å². The molecule has 2 unspecified atom stereocenters. The summed E-state index contributed by atoms with van der Waals surface area (Å²) in [6.07, 6.45) is -1.87. The van der Waals surface area contributed by atoms with Crippen molar-refractivity contribution < 1.29 is 44.3 Å². The molecule has 2 atom stereocenters. The van der Waals surface area contributed by atoms with Gasteiger partial charge >= 0.3 is 11.9 Å². The van der Waals surface area contributed by atoms with Crippen LogP contribution >= 0.6 is 0 Å². The van der Waals surface area contributed by atoms with Crippen molar-refractivity contribution in [2.24, 2.45) is 0 Å². The van der Waals surface area contributed by atoms with Gasteiger partial charge in [-0.05, 0) is 17.7 Å². The third-order valence-corrected chi connectivity index (χ3v) is 3.61. The summed E-state index contributed by atoms with van der Waals surface area (Å²) >= 11 is 0. The summed E-state index contributed by atoms with van der Waals surface area (Å²) < 4.78 is 5.17. The van der Waals surface area contributed by atoms with Crippen LogP contribution in [0.15, 0.2) is 24.3 Å². The van der Waals surface area contributed by atoms with E-state index in [1.54, 1.807) is 12.1 Å². The SMILES string of the molecule is CNC(=O)C(Cc1ccc(OC(COO)C(=O)O)cc1)NC(=O)CCC(=O)O. The molecule has 0 aliphatic rings.